The fourth-order valence-electron chi connectivity index (χ4n) is 1.87. The van der Waals surface area contributed by atoms with E-state index in [1.165, 1.54) is 12.2 Å². The molecule has 0 saturated carbocycles. The Labute approximate surface area is 110 Å². The minimum absolute atomic E-state index is 0.0348. The van der Waals surface area contributed by atoms with E-state index in [0.29, 0.717) is 0 Å². The van der Waals surface area contributed by atoms with Crippen LogP contribution in [0.1, 0.15) is 6.42 Å². The van der Waals surface area contributed by atoms with E-state index in [0.717, 1.165) is 0 Å². The molecule has 0 fully saturated rings. The smallest absolute Gasteiger partial charge is 0.115 e. The third-order valence-corrected chi connectivity index (χ3v) is 3.19. The van der Waals surface area contributed by atoms with E-state index in [2.05, 4.69) is 0 Å². The molecule has 1 aliphatic carbocycles. The third-order valence-electron chi connectivity index (χ3n) is 3.19. The fourth-order valence-corrected chi connectivity index (χ4v) is 1.87. The van der Waals surface area contributed by atoms with E-state index in [1.54, 1.807) is 12.2 Å². The van der Waals surface area contributed by atoms with Gasteiger partial charge in [-0.3, -0.25) is 0 Å². The van der Waals surface area contributed by atoms with Gasteiger partial charge in [0.1, 0.15) is 36.1 Å². The maximum absolute atomic E-state index is 10.1. The van der Waals surface area contributed by atoms with Gasteiger partial charge in [-0.1, -0.05) is 24.3 Å². The van der Waals surface area contributed by atoms with Gasteiger partial charge in [0.05, 0.1) is 6.61 Å². The molecule has 2 unspecified atom stereocenters. The van der Waals surface area contributed by atoms with E-state index in [4.69, 9.17) is 10.2 Å². The molecule has 1 rings (SSSR count). The highest BCUT2D eigenvalue weighted by atomic mass is 16.4. The quantitative estimate of drug-likeness (QED) is 0.274. The van der Waals surface area contributed by atoms with Crippen molar-refractivity contribution in [1.82, 2.24) is 0 Å². The molecule has 0 bridgehead atoms. The van der Waals surface area contributed by atoms with E-state index < -0.39 is 42.7 Å². The molecular weight excluding hydrogens is 256 g/mol. The van der Waals surface area contributed by atoms with Crippen molar-refractivity contribution in [1.29, 1.82) is 0 Å². The number of aliphatic hydroxyl groups excluding tert-OH is 6. The third kappa shape index (κ3) is 3.61. The van der Waals surface area contributed by atoms with Gasteiger partial charge in [0.2, 0.25) is 0 Å². The summed E-state index contributed by atoms with van der Waals surface area (Å²) in [5.41, 5.74) is -1.76. The average Bonchev–Trinajstić information content (AvgIpc) is 2.43. The standard InChI is InChI=1S/C12H20O7/c13-6-7(14)8(15)9(16)10(17)11(18)12(19)4-2-1-3-5-12/h1-4,7-11,13-19H,5-6H2/t7-,8-,9+,10-,11?,12?/m1/s1. The van der Waals surface area contributed by atoms with Gasteiger partial charge in [-0.05, 0) is 0 Å². The Kier molecular flexibility index (Phi) is 5.63. The Morgan fingerprint density at radius 3 is 2.05 bits per heavy atom. The molecule has 0 aromatic carbocycles. The zero-order valence-electron chi connectivity index (χ0n) is 10.2. The summed E-state index contributed by atoms with van der Waals surface area (Å²) in [5, 5.41) is 66.6. The molecule has 0 amide bonds. The first kappa shape index (κ1) is 16.3. The van der Waals surface area contributed by atoms with Crippen LogP contribution in [0.3, 0.4) is 0 Å². The van der Waals surface area contributed by atoms with Gasteiger partial charge >= 0.3 is 0 Å². The van der Waals surface area contributed by atoms with E-state index in [9.17, 15) is 25.5 Å². The second-order valence-corrected chi connectivity index (χ2v) is 4.65. The number of hydrogen-bond donors (Lipinski definition) is 7. The highest BCUT2D eigenvalue weighted by molar-refractivity contribution is 5.21. The minimum Gasteiger partial charge on any atom is -0.394 e. The lowest BCUT2D eigenvalue weighted by molar-refractivity contribution is -0.171. The van der Waals surface area contributed by atoms with Crippen LogP contribution < -0.4 is 0 Å². The molecule has 0 aromatic rings. The summed E-state index contributed by atoms with van der Waals surface area (Å²) in [4.78, 5) is 0. The van der Waals surface area contributed by atoms with Gasteiger partial charge < -0.3 is 35.7 Å². The highest BCUT2D eigenvalue weighted by Crippen LogP contribution is 2.25. The van der Waals surface area contributed by atoms with E-state index >= 15 is 0 Å². The lowest BCUT2D eigenvalue weighted by Gasteiger charge is -2.36. The zero-order chi connectivity index (χ0) is 14.6. The van der Waals surface area contributed by atoms with Crippen molar-refractivity contribution < 1.29 is 35.7 Å². The minimum atomic E-state index is -1.92. The van der Waals surface area contributed by atoms with Crippen molar-refractivity contribution >= 4 is 0 Å². The van der Waals surface area contributed by atoms with Crippen molar-refractivity contribution in [2.24, 2.45) is 0 Å². The van der Waals surface area contributed by atoms with Crippen molar-refractivity contribution in [3.8, 4) is 0 Å². The summed E-state index contributed by atoms with van der Waals surface area (Å²) in [5.74, 6) is 0. The normalized spacial score (nSPS) is 30.7. The lowest BCUT2D eigenvalue weighted by Crippen LogP contribution is -2.56. The summed E-state index contributed by atoms with van der Waals surface area (Å²) in [6.45, 7) is -0.812. The summed E-state index contributed by atoms with van der Waals surface area (Å²) < 4.78 is 0. The van der Waals surface area contributed by atoms with Gasteiger partial charge in [0.15, 0.2) is 0 Å². The predicted octanol–water partition coefficient (Wildman–Crippen LogP) is -2.97. The summed E-state index contributed by atoms with van der Waals surface area (Å²) in [7, 11) is 0. The molecule has 0 aliphatic heterocycles. The van der Waals surface area contributed by atoms with Crippen molar-refractivity contribution in [3.05, 3.63) is 24.3 Å². The molecule has 1 aliphatic rings. The summed E-state index contributed by atoms with van der Waals surface area (Å²) in [6.07, 6.45) is -3.08. The maximum Gasteiger partial charge on any atom is 0.115 e. The molecule has 7 nitrogen and oxygen atoms in total. The number of aliphatic hydroxyl groups is 7. The van der Waals surface area contributed by atoms with Gasteiger partial charge in [0, 0.05) is 6.42 Å². The number of allylic oxidation sites excluding steroid dienone is 2. The zero-order valence-corrected chi connectivity index (χ0v) is 10.2. The Balaban J connectivity index is 2.73. The van der Waals surface area contributed by atoms with Crippen molar-refractivity contribution in [3.63, 3.8) is 0 Å². The Bertz CT molecular complexity index is 343. The van der Waals surface area contributed by atoms with Gasteiger partial charge in [-0.25, -0.2) is 0 Å². The Morgan fingerprint density at radius 2 is 1.58 bits per heavy atom. The molecule has 110 valence electrons. The number of hydrogen-bond acceptors (Lipinski definition) is 7. The largest absolute Gasteiger partial charge is 0.394 e. The van der Waals surface area contributed by atoms with Crippen molar-refractivity contribution in [2.45, 2.75) is 42.5 Å². The van der Waals surface area contributed by atoms with Crippen LogP contribution in [0.2, 0.25) is 0 Å². The lowest BCUT2D eigenvalue weighted by atomic mass is 9.83. The second-order valence-electron chi connectivity index (χ2n) is 4.65. The van der Waals surface area contributed by atoms with Crippen LogP contribution in [-0.4, -0.2) is 78.5 Å². The topological polar surface area (TPSA) is 142 Å². The van der Waals surface area contributed by atoms with E-state index in [1.807, 2.05) is 0 Å². The fraction of sp³-hybridized carbons (Fsp3) is 0.667. The van der Waals surface area contributed by atoms with Crippen LogP contribution in [0.4, 0.5) is 0 Å². The first-order valence-electron chi connectivity index (χ1n) is 5.91. The molecule has 19 heavy (non-hydrogen) atoms. The summed E-state index contributed by atoms with van der Waals surface area (Å²) >= 11 is 0. The Hall–Kier alpha value is -0.800. The van der Waals surface area contributed by atoms with Crippen LogP contribution in [0.15, 0.2) is 24.3 Å². The first-order valence-corrected chi connectivity index (χ1v) is 5.91. The molecule has 6 atom stereocenters. The van der Waals surface area contributed by atoms with Gasteiger partial charge in [-0.2, -0.15) is 0 Å². The molecule has 0 aromatic heterocycles. The monoisotopic (exact) mass is 276 g/mol. The van der Waals surface area contributed by atoms with Crippen LogP contribution in [-0.2, 0) is 0 Å². The molecule has 7 heteroatoms. The SMILES string of the molecule is OC[C@@H](O)[C@@H](O)[C@H](O)[C@@H](O)C(O)C1(O)C=CC=CC1. The highest BCUT2D eigenvalue weighted by Gasteiger charge is 2.43. The molecule has 0 heterocycles. The average molecular weight is 276 g/mol. The van der Waals surface area contributed by atoms with Crippen molar-refractivity contribution in [2.75, 3.05) is 6.61 Å². The second kappa shape index (κ2) is 6.58. The molecule has 0 radical (unpaired) electrons. The van der Waals surface area contributed by atoms with Crippen LogP contribution in [0, 0.1) is 0 Å². The van der Waals surface area contributed by atoms with E-state index in [-0.39, 0.29) is 6.42 Å². The van der Waals surface area contributed by atoms with Gasteiger partial charge in [0.25, 0.3) is 0 Å². The summed E-state index contributed by atoms with van der Waals surface area (Å²) in [6, 6.07) is 0. The van der Waals surface area contributed by atoms with Crippen LogP contribution in [0.5, 0.6) is 0 Å². The van der Waals surface area contributed by atoms with Crippen LogP contribution >= 0.6 is 0 Å². The molecule has 0 spiro atoms. The molecule has 7 N–H and O–H groups in total. The number of rotatable bonds is 6. The maximum atomic E-state index is 10.1. The Morgan fingerprint density at radius 1 is 0.947 bits per heavy atom. The molecule has 0 saturated heterocycles. The van der Waals surface area contributed by atoms with Crippen LogP contribution in [0.25, 0.3) is 0 Å². The molecular formula is C12H20O7. The predicted molar refractivity (Wildman–Crippen MR) is 65.0 cm³/mol. The first-order chi connectivity index (χ1) is 8.83. The van der Waals surface area contributed by atoms with Gasteiger partial charge in [-0.15, -0.1) is 0 Å².